The van der Waals surface area contributed by atoms with Crippen LogP contribution in [0.3, 0.4) is 0 Å². The van der Waals surface area contributed by atoms with Crippen LogP contribution in [0, 0.1) is 0 Å². The largest absolute Gasteiger partial charge is 0.241 e. The van der Waals surface area contributed by atoms with Gasteiger partial charge in [-0.15, -0.1) is 0 Å². The van der Waals surface area contributed by atoms with Crippen molar-refractivity contribution in [2.45, 2.75) is 29.3 Å². The van der Waals surface area contributed by atoms with E-state index in [-0.39, 0.29) is 10.1 Å². The van der Waals surface area contributed by atoms with Gasteiger partial charge in [0.1, 0.15) is 0 Å². The van der Waals surface area contributed by atoms with E-state index in [0.29, 0.717) is 5.75 Å². The van der Waals surface area contributed by atoms with Gasteiger partial charge in [-0.3, -0.25) is 0 Å². The van der Waals surface area contributed by atoms with Gasteiger partial charge in [0.05, 0.1) is 27.7 Å². The highest BCUT2D eigenvalue weighted by Gasteiger charge is 2.35. The number of alkyl halides is 1. The fourth-order valence-corrected chi connectivity index (χ4v) is 6.17. The Morgan fingerprint density at radius 3 is 2.71 bits per heavy atom. The standard InChI is InChI=1S/C15H17BrN2O2S/c16-15(14-8-4-5-9-21(14,19)20)12-10-17-18(11-12)13-6-2-1-3-7-13/h1-3,6-7,10-11,14-15H,4-5,8-9H2. The van der Waals surface area contributed by atoms with E-state index in [0.717, 1.165) is 30.5 Å². The fourth-order valence-electron chi connectivity index (χ4n) is 2.72. The molecule has 1 aromatic carbocycles. The van der Waals surface area contributed by atoms with Crippen molar-refractivity contribution in [3.8, 4) is 5.69 Å². The highest BCUT2D eigenvalue weighted by molar-refractivity contribution is 9.09. The van der Waals surface area contributed by atoms with Crippen LogP contribution in [0.25, 0.3) is 5.69 Å². The molecule has 0 radical (unpaired) electrons. The number of aromatic nitrogens is 2. The SMILES string of the molecule is O=S1(=O)CCCCC1C(Br)c1cnn(-c2ccccc2)c1. The Hall–Kier alpha value is -1.14. The molecule has 2 aromatic rings. The average molecular weight is 369 g/mol. The lowest BCUT2D eigenvalue weighted by Gasteiger charge is -2.25. The molecule has 2 atom stereocenters. The molecule has 0 N–H and O–H groups in total. The topological polar surface area (TPSA) is 52.0 Å². The summed E-state index contributed by atoms with van der Waals surface area (Å²) in [6, 6.07) is 9.80. The van der Waals surface area contributed by atoms with Gasteiger partial charge in [0.2, 0.25) is 0 Å². The normalized spacial score (nSPS) is 22.8. The molecular formula is C15H17BrN2O2S. The van der Waals surface area contributed by atoms with Crippen LogP contribution in [-0.4, -0.2) is 29.2 Å². The van der Waals surface area contributed by atoms with Crippen molar-refractivity contribution in [1.82, 2.24) is 9.78 Å². The number of benzene rings is 1. The Kier molecular flexibility index (Phi) is 4.17. The molecule has 0 bridgehead atoms. The van der Waals surface area contributed by atoms with E-state index in [1.54, 1.807) is 10.9 Å². The van der Waals surface area contributed by atoms with Gasteiger partial charge < -0.3 is 0 Å². The molecular weight excluding hydrogens is 352 g/mol. The summed E-state index contributed by atoms with van der Waals surface area (Å²) < 4.78 is 26.2. The molecule has 1 fully saturated rings. The lowest BCUT2D eigenvalue weighted by molar-refractivity contribution is 0.537. The maximum absolute atomic E-state index is 12.2. The Morgan fingerprint density at radius 2 is 2.00 bits per heavy atom. The Labute approximate surface area is 133 Å². The lowest BCUT2D eigenvalue weighted by atomic mass is 10.1. The quantitative estimate of drug-likeness (QED) is 0.781. The van der Waals surface area contributed by atoms with E-state index >= 15 is 0 Å². The summed E-state index contributed by atoms with van der Waals surface area (Å²) in [5.41, 5.74) is 1.88. The summed E-state index contributed by atoms with van der Waals surface area (Å²) in [5, 5.41) is 3.99. The third-order valence-corrected chi connectivity index (χ3v) is 7.70. The van der Waals surface area contributed by atoms with Crippen molar-refractivity contribution in [3.05, 3.63) is 48.3 Å². The molecule has 1 aliphatic rings. The molecule has 1 aromatic heterocycles. The highest BCUT2D eigenvalue weighted by Crippen LogP contribution is 2.36. The second kappa shape index (κ2) is 5.93. The van der Waals surface area contributed by atoms with Crippen LogP contribution in [0.4, 0.5) is 0 Å². The van der Waals surface area contributed by atoms with Crippen LogP contribution >= 0.6 is 15.9 Å². The zero-order valence-electron chi connectivity index (χ0n) is 11.5. The molecule has 0 aliphatic carbocycles. The number of para-hydroxylation sites is 1. The van der Waals surface area contributed by atoms with Gasteiger partial charge in [0, 0.05) is 11.8 Å². The molecule has 2 unspecified atom stereocenters. The first kappa shape index (κ1) is 14.8. The maximum atomic E-state index is 12.2. The van der Waals surface area contributed by atoms with Crippen LogP contribution in [0.2, 0.25) is 0 Å². The van der Waals surface area contributed by atoms with Gasteiger partial charge >= 0.3 is 0 Å². The minimum Gasteiger partial charge on any atom is -0.241 e. The zero-order valence-corrected chi connectivity index (χ0v) is 13.9. The summed E-state index contributed by atoms with van der Waals surface area (Å²) in [5.74, 6) is 0.298. The molecule has 0 amide bonds. The van der Waals surface area contributed by atoms with Crippen LogP contribution in [0.5, 0.6) is 0 Å². The van der Waals surface area contributed by atoms with Crippen molar-refractivity contribution in [2.75, 3.05) is 5.75 Å². The molecule has 1 aliphatic heterocycles. The number of hydrogen-bond donors (Lipinski definition) is 0. The highest BCUT2D eigenvalue weighted by atomic mass is 79.9. The molecule has 21 heavy (non-hydrogen) atoms. The van der Waals surface area contributed by atoms with E-state index in [1.807, 2.05) is 36.5 Å². The van der Waals surface area contributed by atoms with Gasteiger partial charge in [0.15, 0.2) is 9.84 Å². The summed E-state index contributed by atoms with van der Waals surface area (Å²) in [7, 11) is -3.01. The predicted molar refractivity (Wildman–Crippen MR) is 86.7 cm³/mol. The summed E-state index contributed by atoms with van der Waals surface area (Å²) >= 11 is 3.58. The Balaban J connectivity index is 1.86. The van der Waals surface area contributed by atoms with Gasteiger partial charge in [-0.1, -0.05) is 40.5 Å². The molecule has 1 saturated heterocycles. The predicted octanol–water partition coefficient (Wildman–Crippen LogP) is 3.28. The Morgan fingerprint density at radius 1 is 1.24 bits per heavy atom. The van der Waals surface area contributed by atoms with E-state index in [4.69, 9.17) is 0 Å². The third kappa shape index (κ3) is 3.06. The number of nitrogens with zero attached hydrogens (tertiary/aromatic N) is 2. The average Bonchev–Trinajstić information content (AvgIpc) is 2.97. The van der Waals surface area contributed by atoms with Crippen LogP contribution in [-0.2, 0) is 9.84 Å². The van der Waals surface area contributed by atoms with E-state index < -0.39 is 9.84 Å². The number of halogens is 1. The Bertz CT molecular complexity index is 712. The van der Waals surface area contributed by atoms with Crippen molar-refractivity contribution < 1.29 is 8.42 Å². The molecule has 0 saturated carbocycles. The first-order chi connectivity index (χ1) is 10.1. The molecule has 112 valence electrons. The molecule has 6 heteroatoms. The van der Waals surface area contributed by atoms with Crippen molar-refractivity contribution in [2.24, 2.45) is 0 Å². The third-order valence-electron chi connectivity index (χ3n) is 3.90. The summed E-state index contributed by atoms with van der Waals surface area (Å²) in [4.78, 5) is -0.194. The van der Waals surface area contributed by atoms with Gasteiger partial charge in [-0.25, -0.2) is 13.1 Å². The second-order valence-corrected chi connectivity index (χ2v) is 8.68. The zero-order chi connectivity index (χ0) is 14.9. The number of sulfone groups is 1. The van der Waals surface area contributed by atoms with Crippen LogP contribution in [0.15, 0.2) is 42.7 Å². The van der Waals surface area contributed by atoms with Crippen molar-refractivity contribution in [1.29, 1.82) is 0 Å². The van der Waals surface area contributed by atoms with Crippen molar-refractivity contribution >= 4 is 25.8 Å². The molecule has 3 rings (SSSR count). The second-order valence-electron chi connectivity index (χ2n) is 5.36. The first-order valence-electron chi connectivity index (χ1n) is 7.03. The number of hydrogen-bond acceptors (Lipinski definition) is 3. The van der Waals surface area contributed by atoms with E-state index in [9.17, 15) is 8.42 Å². The molecule has 2 heterocycles. The van der Waals surface area contributed by atoms with Crippen LogP contribution < -0.4 is 0 Å². The summed E-state index contributed by atoms with van der Waals surface area (Å²) in [6.45, 7) is 0. The fraction of sp³-hybridized carbons (Fsp3) is 0.400. The van der Waals surface area contributed by atoms with E-state index in [2.05, 4.69) is 21.0 Å². The van der Waals surface area contributed by atoms with Gasteiger partial charge in [-0.05, 0) is 25.0 Å². The number of rotatable bonds is 3. The first-order valence-corrected chi connectivity index (χ1v) is 9.67. The summed E-state index contributed by atoms with van der Waals surface area (Å²) in [6.07, 6.45) is 6.12. The monoisotopic (exact) mass is 368 g/mol. The lowest BCUT2D eigenvalue weighted by Crippen LogP contribution is -2.31. The molecule has 4 nitrogen and oxygen atoms in total. The van der Waals surface area contributed by atoms with Crippen molar-refractivity contribution in [3.63, 3.8) is 0 Å². The minimum atomic E-state index is -3.01. The van der Waals surface area contributed by atoms with Gasteiger partial charge in [-0.2, -0.15) is 5.10 Å². The van der Waals surface area contributed by atoms with Crippen LogP contribution in [0.1, 0.15) is 29.7 Å². The van der Waals surface area contributed by atoms with E-state index in [1.165, 1.54) is 0 Å². The molecule has 0 spiro atoms. The maximum Gasteiger partial charge on any atom is 0.154 e. The minimum absolute atomic E-state index is 0.194. The smallest absolute Gasteiger partial charge is 0.154 e. The van der Waals surface area contributed by atoms with Gasteiger partial charge in [0.25, 0.3) is 0 Å².